The van der Waals surface area contributed by atoms with Gasteiger partial charge in [0.2, 0.25) is 0 Å². The maximum absolute atomic E-state index is 12.9. The van der Waals surface area contributed by atoms with Crippen LogP contribution in [-0.2, 0) is 4.79 Å². The van der Waals surface area contributed by atoms with Crippen LogP contribution in [0.2, 0.25) is 0 Å². The maximum atomic E-state index is 12.9. The van der Waals surface area contributed by atoms with Gasteiger partial charge in [-0.3, -0.25) is 15.6 Å². The highest BCUT2D eigenvalue weighted by atomic mass is 16.3. The minimum absolute atomic E-state index is 0.197. The number of benzene rings is 2. The van der Waals surface area contributed by atoms with Crippen molar-refractivity contribution in [3.8, 4) is 11.4 Å². The average Bonchev–Trinajstić information content (AvgIpc) is 3.43. The zero-order chi connectivity index (χ0) is 19.2. The van der Waals surface area contributed by atoms with Gasteiger partial charge in [-0.15, -0.1) is 5.10 Å². The molecule has 0 radical (unpaired) electrons. The molecule has 8 heteroatoms. The van der Waals surface area contributed by atoms with E-state index in [-0.39, 0.29) is 5.70 Å². The third kappa shape index (κ3) is 3.80. The Bertz CT molecular complexity index is 1070. The first-order chi connectivity index (χ1) is 13.8. The number of nitrogens with zero attached hydrogens (tertiary/aromatic N) is 4. The number of para-hydroxylation sites is 1. The van der Waals surface area contributed by atoms with Crippen LogP contribution in [0, 0.1) is 0 Å². The molecule has 0 saturated carbocycles. The van der Waals surface area contributed by atoms with Crippen molar-refractivity contribution >= 4 is 23.4 Å². The summed E-state index contributed by atoms with van der Waals surface area (Å²) in [6.45, 7) is 0. The van der Waals surface area contributed by atoms with E-state index in [1.54, 1.807) is 18.2 Å². The largest absolute Gasteiger partial charge is 0.465 e. The van der Waals surface area contributed by atoms with Crippen molar-refractivity contribution in [2.45, 2.75) is 0 Å². The molecule has 0 aliphatic carbocycles. The minimum Gasteiger partial charge on any atom is -0.465 e. The molecule has 0 atom stereocenters. The Morgan fingerprint density at radius 3 is 2.43 bits per heavy atom. The van der Waals surface area contributed by atoms with Gasteiger partial charge in [0.15, 0.2) is 5.82 Å². The molecule has 2 aromatic heterocycles. The summed E-state index contributed by atoms with van der Waals surface area (Å²) in [7, 11) is 0. The fraction of sp³-hybridized carbons (Fsp3) is 0. The molecule has 138 valence electrons. The Labute approximate surface area is 160 Å². The molecule has 2 aromatic carbocycles. The molecule has 2 N–H and O–H groups in total. The van der Waals surface area contributed by atoms with E-state index < -0.39 is 5.91 Å². The second-order valence-electron chi connectivity index (χ2n) is 5.77. The first kappa shape index (κ1) is 17.2. The minimum atomic E-state index is -0.426. The van der Waals surface area contributed by atoms with Crippen LogP contribution in [0.5, 0.6) is 0 Å². The van der Waals surface area contributed by atoms with E-state index in [0.29, 0.717) is 11.6 Å². The van der Waals surface area contributed by atoms with Crippen LogP contribution in [-0.4, -0.2) is 26.1 Å². The molecule has 1 amide bonds. The molecule has 2 heterocycles. The summed E-state index contributed by atoms with van der Waals surface area (Å²) < 4.78 is 6.74. The molecule has 0 spiro atoms. The van der Waals surface area contributed by atoms with Crippen LogP contribution < -0.4 is 10.9 Å². The number of hydrogen-bond acceptors (Lipinski definition) is 6. The van der Waals surface area contributed by atoms with Crippen LogP contribution in [0.15, 0.2) is 83.5 Å². The van der Waals surface area contributed by atoms with E-state index in [4.69, 9.17) is 4.42 Å². The Morgan fingerprint density at radius 2 is 1.71 bits per heavy atom. The van der Waals surface area contributed by atoms with Gasteiger partial charge in [-0.2, -0.15) is 4.68 Å². The fourth-order valence-corrected chi connectivity index (χ4v) is 2.56. The number of rotatable bonds is 6. The molecule has 0 fully saturated rings. The lowest BCUT2D eigenvalue weighted by Gasteiger charge is -2.12. The highest BCUT2D eigenvalue weighted by Gasteiger charge is 2.19. The van der Waals surface area contributed by atoms with Gasteiger partial charge in [-0.05, 0) is 34.7 Å². The lowest BCUT2D eigenvalue weighted by Crippen LogP contribution is -2.32. The fourth-order valence-electron chi connectivity index (χ4n) is 2.56. The predicted molar refractivity (Wildman–Crippen MR) is 104 cm³/mol. The Balaban J connectivity index is 1.68. The molecule has 0 unspecified atom stereocenters. The van der Waals surface area contributed by atoms with Gasteiger partial charge >= 0.3 is 0 Å². The summed E-state index contributed by atoms with van der Waals surface area (Å²) in [5, 5.41) is 11.8. The number of amides is 1. The Morgan fingerprint density at radius 1 is 0.964 bits per heavy atom. The molecule has 8 nitrogen and oxygen atoms in total. The first-order valence-electron chi connectivity index (χ1n) is 8.52. The summed E-state index contributed by atoms with van der Waals surface area (Å²) in [6.07, 6.45) is 3.10. The average molecular weight is 372 g/mol. The van der Waals surface area contributed by atoms with Gasteiger partial charge in [-0.1, -0.05) is 48.5 Å². The highest BCUT2D eigenvalue weighted by molar-refractivity contribution is 6.18. The molecule has 4 rings (SSSR count). The predicted octanol–water partition coefficient (Wildman–Crippen LogP) is 3.07. The zero-order valence-corrected chi connectivity index (χ0v) is 14.7. The van der Waals surface area contributed by atoms with E-state index in [1.165, 1.54) is 10.9 Å². The van der Waals surface area contributed by atoms with E-state index in [2.05, 4.69) is 26.4 Å². The highest BCUT2D eigenvalue weighted by Crippen LogP contribution is 2.20. The van der Waals surface area contributed by atoms with Gasteiger partial charge in [-0.25, -0.2) is 0 Å². The van der Waals surface area contributed by atoms with Gasteiger partial charge in [0, 0.05) is 11.6 Å². The number of nitrogens with one attached hydrogen (secondary N) is 2. The van der Waals surface area contributed by atoms with Crippen LogP contribution in [0.4, 0.5) is 5.69 Å². The van der Waals surface area contributed by atoms with E-state index in [1.807, 2.05) is 60.7 Å². The van der Waals surface area contributed by atoms with Crippen molar-refractivity contribution in [2.75, 3.05) is 5.43 Å². The van der Waals surface area contributed by atoms with E-state index >= 15 is 0 Å². The molecular weight excluding hydrogens is 356 g/mol. The molecule has 4 aromatic rings. The quantitative estimate of drug-likeness (QED) is 0.399. The number of carbonyl (C=O) groups is 1. The van der Waals surface area contributed by atoms with Crippen LogP contribution in [0.3, 0.4) is 0 Å². The second kappa shape index (κ2) is 8.00. The van der Waals surface area contributed by atoms with E-state index in [9.17, 15) is 4.79 Å². The second-order valence-corrected chi connectivity index (χ2v) is 5.77. The summed E-state index contributed by atoms with van der Waals surface area (Å²) >= 11 is 0. The summed E-state index contributed by atoms with van der Waals surface area (Å²) in [5.74, 6) is 0.511. The third-order valence-electron chi connectivity index (χ3n) is 3.88. The maximum Gasteiger partial charge on any atom is 0.288 e. The lowest BCUT2D eigenvalue weighted by molar-refractivity contribution is -0.115. The van der Waals surface area contributed by atoms with Crippen LogP contribution in [0.1, 0.15) is 5.76 Å². The summed E-state index contributed by atoms with van der Waals surface area (Å²) in [6, 6.07) is 22.2. The van der Waals surface area contributed by atoms with Crippen molar-refractivity contribution in [3.63, 3.8) is 0 Å². The summed E-state index contributed by atoms with van der Waals surface area (Å²) in [5.41, 5.74) is 7.26. The smallest absolute Gasteiger partial charge is 0.288 e. The standard InChI is InChI=1S/C20H16N6O2/c27-20(23-21-16-10-5-2-6-11-16)18(14-17-12-7-13-28-17)26-19(22-24-25-26)15-8-3-1-4-9-15/h1-14,21H,(H,23,27)/b18-14-. The number of furan rings is 1. The first-order valence-corrected chi connectivity index (χ1v) is 8.52. The molecular formula is C20H16N6O2. The topological polar surface area (TPSA) is 97.9 Å². The van der Waals surface area contributed by atoms with Gasteiger partial charge in [0.05, 0.1) is 12.0 Å². The number of aromatic nitrogens is 4. The Kier molecular flexibility index (Phi) is 4.92. The summed E-state index contributed by atoms with van der Waals surface area (Å²) in [4.78, 5) is 12.9. The van der Waals surface area contributed by atoms with Crippen molar-refractivity contribution in [1.29, 1.82) is 0 Å². The number of tetrazole rings is 1. The number of carbonyl (C=O) groups excluding carboxylic acids is 1. The molecule has 0 aliphatic heterocycles. The molecule has 0 bridgehead atoms. The SMILES string of the molecule is O=C(NNc1ccccc1)/C(=C/c1ccco1)n1nnnc1-c1ccccc1. The third-order valence-corrected chi connectivity index (χ3v) is 3.88. The monoisotopic (exact) mass is 372 g/mol. The molecule has 28 heavy (non-hydrogen) atoms. The molecule has 0 aliphatic rings. The number of hydrazine groups is 1. The zero-order valence-electron chi connectivity index (χ0n) is 14.7. The van der Waals surface area contributed by atoms with Crippen LogP contribution >= 0.6 is 0 Å². The van der Waals surface area contributed by atoms with Crippen molar-refractivity contribution < 1.29 is 9.21 Å². The lowest BCUT2D eigenvalue weighted by atomic mass is 10.2. The van der Waals surface area contributed by atoms with Gasteiger partial charge in [0.25, 0.3) is 5.91 Å². The van der Waals surface area contributed by atoms with Crippen molar-refractivity contribution in [2.24, 2.45) is 0 Å². The molecule has 0 saturated heterocycles. The van der Waals surface area contributed by atoms with Crippen LogP contribution in [0.25, 0.3) is 23.2 Å². The number of hydrogen-bond donors (Lipinski definition) is 2. The normalized spacial score (nSPS) is 11.2. The van der Waals surface area contributed by atoms with Gasteiger partial charge in [0.1, 0.15) is 11.5 Å². The Hall–Kier alpha value is -4.20. The van der Waals surface area contributed by atoms with Crippen molar-refractivity contribution in [1.82, 2.24) is 25.6 Å². The van der Waals surface area contributed by atoms with E-state index in [0.717, 1.165) is 11.3 Å². The number of anilines is 1. The van der Waals surface area contributed by atoms with Crippen molar-refractivity contribution in [3.05, 3.63) is 84.8 Å². The van der Waals surface area contributed by atoms with Gasteiger partial charge < -0.3 is 4.42 Å².